The van der Waals surface area contributed by atoms with Crippen LogP contribution in [0.1, 0.15) is 58.8 Å². The fourth-order valence-corrected chi connectivity index (χ4v) is 5.73. The van der Waals surface area contributed by atoms with Crippen LogP contribution in [0.25, 0.3) is 0 Å². The largest absolute Gasteiger partial charge is 0.395 e. The third-order valence-corrected chi connectivity index (χ3v) is 6.21. The van der Waals surface area contributed by atoms with Gasteiger partial charge in [-0.1, -0.05) is 0 Å². The average molecular weight is 265 g/mol. The molecule has 4 aliphatic rings. The molecule has 4 aliphatic carbocycles. The van der Waals surface area contributed by atoms with Gasteiger partial charge in [-0.2, -0.15) is 0 Å². The summed E-state index contributed by atoms with van der Waals surface area (Å²) in [6, 6.07) is 0.570. The van der Waals surface area contributed by atoms with Crippen LogP contribution in [0.15, 0.2) is 0 Å². The van der Waals surface area contributed by atoms with E-state index in [1.807, 2.05) is 0 Å². The Morgan fingerprint density at radius 2 is 1.53 bits per heavy atom. The average Bonchev–Trinajstić information content (AvgIpc) is 2.32. The van der Waals surface area contributed by atoms with Crippen LogP contribution in [0, 0.1) is 23.2 Å². The smallest absolute Gasteiger partial charge is 0.0558 e. The number of aliphatic hydroxyl groups is 1. The van der Waals surface area contributed by atoms with Gasteiger partial charge in [0.25, 0.3) is 0 Å². The van der Waals surface area contributed by atoms with Crippen molar-refractivity contribution in [3.05, 3.63) is 0 Å². The Hall–Kier alpha value is -0.0800. The highest BCUT2D eigenvalue weighted by molar-refractivity contribution is 5.01. The van der Waals surface area contributed by atoms with E-state index < -0.39 is 0 Å². The van der Waals surface area contributed by atoms with Crippen molar-refractivity contribution in [2.45, 2.75) is 64.8 Å². The second-order valence-corrected chi connectivity index (χ2v) is 8.02. The Kier molecular flexibility index (Phi) is 3.92. The van der Waals surface area contributed by atoms with E-state index in [0.29, 0.717) is 18.1 Å². The lowest BCUT2D eigenvalue weighted by molar-refractivity contribution is -0.0623. The van der Waals surface area contributed by atoms with Gasteiger partial charge >= 0.3 is 0 Å². The molecule has 0 heterocycles. The first kappa shape index (κ1) is 13.9. The van der Waals surface area contributed by atoms with Gasteiger partial charge < -0.3 is 5.11 Å². The minimum absolute atomic E-state index is 0.305. The maximum atomic E-state index is 9.20. The van der Waals surface area contributed by atoms with Gasteiger partial charge in [0.2, 0.25) is 0 Å². The molecule has 0 spiro atoms. The van der Waals surface area contributed by atoms with Crippen LogP contribution in [-0.2, 0) is 0 Å². The fraction of sp³-hybridized carbons (Fsp3) is 1.00. The zero-order chi connectivity index (χ0) is 13.5. The highest BCUT2D eigenvalue weighted by Crippen LogP contribution is 2.61. The molecular weight excluding hydrogens is 234 g/mol. The van der Waals surface area contributed by atoms with Crippen LogP contribution >= 0.6 is 0 Å². The van der Waals surface area contributed by atoms with Crippen LogP contribution < -0.4 is 0 Å². The maximum absolute atomic E-state index is 9.20. The summed E-state index contributed by atoms with van der Waals surface area (Å²) in [6.45, 7) is 6.87. The van der Waals surface area contributed by atoms with Gasteiger partial charge in [-0.3, -0.25) is 4.90 Å². The van der Waals surface area contributed by atoms with Crippen LogP contribution in [0.3, 0.4) is 0 Å². The Labute approximate surface area is 118 Å². The standard InChI is InChI=1S/C17H31NO/c1-13(2)18(5-6-19)4-3-17-10-14-7-15(11-17)9-16(8-14)12-17/h13-16,19H,3-12H2,1-2H3. The Bertz CT molecular complexity index is 277. The minimum Gasteiger partial charge on any atom is -0.395 e. The Morgan fingerprint density at radius 3 is 1.95 bits per heavy atom. The molecule has 4 bridgehead atoms. The highest BCUT2D eigenvalue weighted by atomic mass is 16.3. The maximum Gasteiger partial charge on any atom is 0.0558 e. The third-order valence-electron chi connectivity index (χ3n) is 6.21. The molecule has 0 saturated heterocycles. The SMILES string of the molecule is CC(C)N(CCO)CCC12CC3CC(CC(C3)C1)C2. The molecule has 1 N–H and O–H groups in total. The molecule has 0 aromatic rings. The number of rotatable bonds is 6. The van der Waals surface area contributed by atoms with Crippen LogP contribution in [0.2, 0.25) is 0 Å². The molecule has 4 fully saturated rings. The zero-order valence-corrected chi connectivity index (χ0v) is 12.8. The predicted molar refractivity (Wildman–Crippen MR) is 79.0 cm³/mol. The number of aliphatic hydroxyl groups excluding tert-OH is 1. The van der Waals surface area contributed by atoms with E-state index in [0.717, 1.165) is 24.3 Å². The summed E-state index contributed by atoms with van der Waals surface area (Å²) in [5, 5.41) is 9.20. The van der Waals surface area contributed by atoms with Crippen molar-refractivity contribution in [3.63, 3.8) is 0 Å². The van der Waals surface area contributed by atoms with E-state index in [1.54, 1.807) is 19.3 Å². The molecule has 0 radical (unpaired) electrons. The molecule has 0 aromatic carbocycles. The summed E-state index contributed by atoms with van der Waals surface area (Å²) in [5.41, 5.74) is 0.692. The van der Waals surface area contributed by atoms with Crippen molar-refractivity contribution < 1.29 is 5.11 Å². The van der Waals surface area contributed by atoms with Gasteiger partial charge in [0.1, 0.15) is 0 Å². The summed E-state index contributed by atoms with van der Waals surface area (Å²) in [5.74, 6) is 3.20. The van der Waals surface area contributed by atoms with E-state index in [1.165, 1.54) is 32.2 Å². The van der Waals surface area contributed by atoms with Crippen LogP contribution in [-0.4, -0.2) is 35.7 Å². The molecule has 2 nitrogen and oxygen atoms in total. The Balaban J connectivity index is 1.60. The fourth-order valence-electron chi connectivity index (χ4n) is 5.73. The van der Waals surface area contributed by atoms with Crippen molar-refractivity contribution in [1.29, 1.82) is 0 Å². The van der Waals surface area contributed by atoms with Gasteiger partial charge in [-0.25, -0.2) is 0 Å². The summed E-state index contributed by atoms with van der Waals surface area (Å²) >= 11 is 0. The van der Waals surface area contributed by atoms with E-state index in [4.69, 9.17) is 0 Å². The van der Waals surface area contributed by atoms with E-state index in [2.05, 4.69) is 18.7 Å². The lowest BCUT2D eigenvalue weighted by Crippen LogP contribution is -2.48. The van der Waals surface area contributed by atoms with Crippen LogP contribution in [0.4, 0.5) is 0 Å². The van der Waals surface area contributed by atoms with E-state index in [-0.39, 0.29) is 0 Å². The molecule has 2 heteroatoms. The summed E-state index contributed by atoms with van der Waals surface area (Å²) in [4.78, 5) is 2.47. The molecule has 4 rings (SSSR count). The van der Waals surface area contributed by atoms with Gasteiger partial charge in [0.15, 0.2) is 0 Å². The van der Waals surface area contributed by atoms with Crippen molar-refractivity contribution in [1.82, 2.24) is 4.90 Å². The monoisotopic (exact) mass is 265 g/mol. The van der Waals surface area contributed by atoms with Crippen molar-refractivity contribution >= 4 is 0 Å². The van der Waals surface area contributed by atoms with Gasteiger partial charge in [0, 0.05) is 12.6 Å². The zero-order valence-electron chi connectivity index (χ0n) is 12.8. The minimum atomic E-state index is 0.305. The molecule has 110 valence electrons. The molecule has 0 aromatic heterocycles. The number of nitrogens with zero attached hydrogens (tertiary/aromatic N) is 1. The second kappa shape index (κ2) is 5.37. The Morgan fingerprint density at radius 1 is 1.00 bits per heavy atom. The van der Waals surface area contributed by atoms with Crippen molar-refractivity contribution in [3.8, 4) is 0 Å². The van der Waals surface area contributed by atoms with Gasteiger partial charge in [-0.15, -0.1) is 0 Å². The summed E-state index contributed by atoms with van der Waals surface area (Å²) in [6.07, 6.45) is 10.6. The second-order valence-electron chi connectivity index (χ2n) is 8.02. The first-order valence-electron chi connectivity index (χ1n) is 8.45. The lowest BCUT2D eigenvalue weighted by atomic mass is 9.49. The normalized spacial score (nSPS) is 40.6. The molecule has 0 aliphatic heterocycles. The topological polar surface area (TPSA) is 23.5 Å². The van der Waals surface area contributed by atoms with E-state index >= 15 is 0 Å². The lowest BCUT2D eigenvalue weighted by Gasteiger charge is -2.57. The molecule has 4 saturated carbocycles. The van der Waals surface area contributed by atoms with Crippen molar-refractivity contribution in [2.75, 3.05) is 19.7 Å². The molecule has 19 heavy (non-hydrogen) atoms. The summed E-state index contributed by atoms with van der Waals surface area (Å²) < 4.78 is 0. The molecular formula is C17H31NO. The first-order chi connectivity index (χ1) is 9.10. The van der Waals surface area contributed by atoms with Gasteiger partial charge in [-0.05, 0) is 88.5 Å². The number of hydrogen-bond acceptors (Lipinski definition) is 2. The summed E-state index contributed by atoms with van der Waals surface area (Å²) in [7, 11) is 0. The van der Waals surface area contributed by atoms with Crippen molar-refractivity contribution in [2.24, 2.45) is 23.2 Å². The van der Waals surface area contributed by atoms with E-state index in [9.17, 15) is 5.11 Å². The quantitative estimate of drug-likeness (QED) is 0.796. The van der Waals surface area contributed by atoms with Crippen LogP contribution in [0.5, 0.6) is 0 Å². The third kappa shape index (κ3) is 2.85. The number of hydrogen-bond donors (Lipinski definition) is 1. The molecule has 0 atom stereocenters. The first-order valence-corrected chi connectivity index (χ1v) is 8.45. The van der Waals surface area contributed by atoms with Gasteiger partial charge in [0.05, 0.1) is 6.61 Å². The molecule has 0 unspecified atom stereocenters. The highest BCUT2D eigenvalue weighted by Gasteiger charge is 2.50. The molecule has 0 amide bonds. The predicted octanol–water partition coefficient (Wildman–Crippen LogP) is 3.30.